The van der Waals surface area contributed by atoms with Crippen molar-refractivity contribution < 1.29 is 9.59 Å². The number of carbonyl (C=O) groups is 2. The molecule has 1 aromatic carbocycles. The molecule has 9 nitrogen and oxygen atoms in total. The van der Waals surface area contributed by atoms with Gasteiger partial charge in [-0.1, -0.05) is 17.7 Å². The molecule has 0 atom stereocenters. The molecule has 178 valence electrons. The Morgan fingerprint density at radius 1 is 1.09 bits per heavy atom. The first-order valence-corrected chi connectivity index (χ1v) is 11.5. The number of anilines is 1. The summed E-state index contributed by atoms with van der Waals surface area (Å²) in [5.41, 5.74) is 0.706. The van der Waals surface area contributed by atoms with Crippen molar-refractivity contribution in [3.05, 3.63) is 66.9 Å². The summed E-state index contributed by atoms with van der Waals surface area (Å²) in [7, 11) is 1.47. The van der Waals surface area contributed by atoms with E-state index < -0.39 is 23.7 Å². The number of aromatic nitrogens is 3. The lowest BCUT2D eigenvalue weighted by Gasteiger charge is -2.27. The molecule has 0 bridgehead atoms. The Morgan fingerprint density at radius 2 is 1.79 bits per heavy atom. The smallest absolute Gasteiger partial charge is 0.332 e. The highest BCUT2D eigenvalue weighted by Crippen LogP contribution is 2.21. The summed E-state index contributed by atoms with van der Waals surface area (Å²) in [6, 6.07) is 6.63. The molecule has 1 aliphatic rings. The molecule has 0 unspecified atom stereocenters. The number of pyridine rings is 1. The molecule has 2 aromatic heterocycles. The molecule has 1 N–H and O–H groups in total. The maximum atomic E-state index is 13.5. The van der Waals surface area contributed by atoms with Crippen LogP contribution in [0.4, 0.5) is 5.69 Å². The molecular formula is C24H26ClN5O4. The number of fused-ring (bicyclic) bond motifs is 1. The summed E-state index contributed by atoms with van der Waals surface area (Å²) < 4.78 is 2.04. The number of halogens is 1. The van der Waals surface area contributed by atoms with Gasteiger partial charge in [0.05, 0.1) is 10.9 Å². The maximum absolute atomic E-state index is 13.5. The molecule has 3 heterocycles. The number of nitrogens with zero attached hydrogens (tertiary/aromatic N) is 4. The number of likely N-dealkylation sites (tertiary alicyclic amines) is 1. The average Bonchev–Trinajstić information content (AvgIpc) is 2.82. The molecule has 1 aliphatic heterocycles. The van der Waals surface area contributed by atoms with E-state index in [-0.39, 0.29) is 22.5 Å². The first kappa shape index (κ1) is 23.7. The first-order chi connectivity index (χ1) is 16.2. The monoisotopic (exact) mass is 483 g/mol. The second-order valence-electron chi connectivity index (χ2n) is 8.60. The minimum Gasteiger partial charge on any atom is -0.339 e. The van der Waals surface area contributed by atoms with Gasteiger partial charge < -0.3 is 10.2 Å². The van der Waals surface area contributed by atoms with Gasteiger partial charge in [-0.2, -0.15) is 0 Å². The van der Waals surface area contributed by atoms with Gasteiger partial charge in [0.2, 0.25) is 5.91 Å². The van der Waals surface area contributed by atoms with Crippen LogP contribution in [0.5, 0.6) is 0 Å². The van der Waals surface area contributed by atoms with E-state index in [0.29, 0.717) is 29.5 Å². The number of nitrogens with one attached hydrogen (secondary N) is 1. The highest BCUT2D eigenvalue weighted by molar-refractivity contribution is 6.31. The third-order valence-electron chi connectivity index (χ3n) is 6.07. The molecule has 1 saturated heterocycles. The van der Waals surface area contributed by atoms with E-state index in [1.54, 1.807) is 43.0 Å². The number of benzene rings is 1. The largest absolute Gasteiger partial charge is 0.339 e. The molecule has 0 radical (unpaired) electrons. The number of hydrogen-bond donors (Lipinski definition) is 1. The highest BCUT2D eigenvalue weighted by atomic mass is 35.5. The van der Waals surface area contributed by atoms with Gasteiger partial charge in [0.15, 0.2) is 0 Å². The van der Waals surface area contributed by atoms with Crippen molar-refractivity contribution in [2.75, 3.05) is 18.4 Å². The van der Waals surface area contributed by atoms with E-state index >= 15 is 0 Å². The fourth-order valence-corrected chi connectivity index (χ4v) is 4.41. The minimum absolute atomic E-state index is 0.0370. The number of rotatable bonds is 4. The van der Waals surface area contributed by atoms with Gasteiger partial charge in [-0.05, 0) is 56.9 Å². The number of aryl methyl sites for hydroxylation is 3. The second-order valence-corrected chi connectivity index (χ2v) is 9.04. The number of amides is 2. The first-order valence-electron chi connectivity index (χ1n) is 11.1. The Hall–Kier alpha value is -3.46. The fourth-order valence-electron chi connectivity index (χ4n) is 4.24. The summed E-state index contributed by atoms with van der Waals surface area (Å²) in [6.07, 6.45) is 2.86. The zero-order valence-electron chi connectivity index (χ0n) is 19.4. The van der Waals surface area contributed by atoms with Crippen molar-refractivity contribution in [3.63, 3.8) is 0 Å². The van der Waals surface area contributed by atoms with Crippen LogP contribution in [0.15, 0.2) is 33.9 Å². The molecule has 1 fully saturated rings. The Balaban J connectivity index is 1.79. The van der Waals surface area contributed by atoms with Crippen LogP contribution in [0.3, 0.4) is 0 Å². The number of carbonyl (C=O) groups excluding carboxylic acids is 2. The summed E-state index contributed by atoms with van der Waals surface area (Å²) in [5.74, 6) is -0.829. The van der Waals surface area contributed by atoms with Crippen LogP contribution in [0.2, 0.25) is 5.02 Å². The van der Waals surface area contributed by atoms with Gasteiger partial charge >= 0.3 is 5.69 Å². The van der Waals surface area contributed by atoms with Crippen molar-refractivity contribution in [3.8, 4) is 0 Å². The van der Waals surface area contributed by atoms with Crippen molar-refractivity contribution in [2.45, 2.75) is 39.7 Å². The maximum Gasteiger partial charge on any atom is 0.332 e. The van der Waals surface area contributed by atoms with Crippen LogP contribution < -0.4 is 16.6 Å². The van der Waals surface area contributed by atoms with Crippen molar-refractivity contribution >= 4 is 40.1 Å². The molecule has 2 amide bonds. The Morgan fingerprint density at radius 3 is 2.50 bits per heavy atom. The SMILES string of the molecule is Cc1cc(C(=O)N2CCCCC2)c2c(=O)n(CC(=O)Nc3cc(Cl)ccc3C)c(=O)n(C)c2n1. The standard InChI is InChI=1S/C24H26ClN5O4/c1-14-7-8-16(25)12-18(14)27-19(31)13-30-23(33)20-17(22(32)29-9-5-4-6-10-29)11-15(2)26-21(20)28(3)24(30)34/h7-8,11-12H,4-6,9-10,13H2,1-3H3,(H,27,31). The Kier molecular flexibility index (Phi) is 6.56. The van der Waals surface area contributed by atoms with Gasteiger partial charge in [0, 0.05) is 36.5 Å². The number of piperidine rings is 1. The minimum atomic E-state index is -0.719. The normalized spacial score (nSPS) is 13.8. The zero-order valence-corrected chi connectivity index (χ0v) is 20.1. The van der Waals surface area contributed by atoms with Gasteiger partial charge in [0.1, 0.15) is 12.2 Å². The quantitative estimate of drug-likeness (QED) is 0.614. The molecule has 0 saturated carbocycles. The van der Waals surface area contributed by atoms with Crippen molar-refractivity contribution in [1.82, 2.24) is 19.0 Å². The predicted octanol–water partition coefficient (Wildman–Crippen LogP) is 2.63. The lowest BCUT2D eigenvalue weighted by atomic mass is 10.1. The summed E-state index contributed by atoms with van der Waals surface area (Å²) in [5, 5.41) is 3.18. The molecule has 3 aromatic rings. The van der Waals surface area contributed by atoms with Crippen LogP contribution in [0.25, 0.3) is 11.0 Å². The van der Waals surface area contributed by atoms with E-state index in [1.165, 1.54) is 11.6 Å². The Bertz CT molecular complexity index is 1420. The second kappa shape index (κ2) is 9.42. The van der Waals surface area contributed by atoms with Crippen molar-refractivity contribution in [1.29, 1.82) is 0 Å². The van der Waals surface area contributed by atoms with Gasteiger partial charge in [0.25, 0.3) is 11.5 Å². The lowest BCUT2D eigenvalue weighted by molar-refractivity contribution is -0.116. The lowest BCUT2D eigenvalue weighted by Crippen LogP contribution is -2.43. The third-order valence-corrected chi connectivity index (χ3v) is 6.31. The molecule has 10 heteroatoms. The van der Waals surface area contributed by atoms with Gasteiger partial charge in [-0.15, -0.1) is 0 Å². The molecule has 0 aliphatic carbocycles. The molecule has 0 spiro atoms. The summed E-state index contributed by atoms with van der Waals surface area (Å²) in [6.45, 7) is 4.23. The highest BCUT2D eigenvalue weighted by Gasteiger charge is 2.25. The van der Waals surface area contributed by atoms with Crippen LogP contribution in [-0.2, 0) is 18.4 Å². The van der Waals surface area contributed by atoms with E-state index in [2.05, 4.69) is 10.3 Å². The average molecular weight is 484 g/mol. The van der Waals surface area contributed by atoms with Crippen LogP contribution in [-0.4, -0.2) is 43.9 Å². The van der Waals surface area contributed by atoms with Crippen LogP contribution in [0.1, 0.15) is 40.9 Å². The summed E-state index contributed by atoms with van der Waals surface area (Å²) >= 11 is 6.02. The number of hydrogen-bond acceptors (Lipinski definition) is 5. The molecule has 4 rings (SSSR count). The Labute approximate surface area is 201 Å². The van der Waals surface area contributed by atoms with Crippen molar-refractivity contribution in [2.24, 2.45) is 7.05 Å². The van der Waals surface area contributed by atoms with Gasteiger partial charge in [-0.3, -0.25) is 23.5 Å². The van der Waals surface area contributed by atoms with Gasteiger partial charge in [-0.25, -0.2) is 9.78 Å². The van der Waals surface area contributed by atoms with E-state index in [4.69, 9.17) is 11.6 Å². The fraction of sp³-hybridized carbons (Fsp3) is 0.375. The zero-order chi connectivity index (χ0) is 24.6. The molecule has 34 heavy (non-hydrogen) atoms. The van der Waals surface area contributed by atoms with E-state index in [0.717, 1.165) is 29.4 Å². The predicted molar refractivity (Wildman–Crippen MR) is 131 cm³/mol. The third kappa shape index (κ3) is 4.48. The molecular weight excluding hydrogens is 458 g/mol. The van der Waals surface area contributed by atoms with E-state index in [9.17, 15) is 19.2 Å². The van der Waals surface area contributed by atoms with Crippen LogP contribution >= 0.6 is 11.6 Å². The summed E-state index contributed by atoms with van der Waals surface area (Å²) in [4.78, 5) is 58.6. The van der Waals surface area contributed by atoms with E-state index in [1.807, 2.05) is 0 Å². The van der Waals surface area contributed by atoms with Crippen LogP contribution in [0, 0.1) is 13.8 Å². The topological polar surface area (TPSA) is 106 Å².